The average molecular weight is 243 g/mol. The lowest BCUT2D eigenvalue weighted by Gasteiger charge is -2.29. The molecule has 4 nitrogen and oxygen atoms in total. The van der Waals surface area contributed by atoms with Crippen LogP contribution in [0.15, 0.2) is 12.7 Å². The van der Waals surface area contributed by atoms with Gasteiger partial charge < -0.3 is 10.0 Å². The number of hydrogen-bond donors (Lipinski definition) is 1. The zero-order chi connectivity index (χ0) is 12.3. The lowest BCUT2D eigenvalue weighted by molar-refractivity contribution is -0.149. The Labute approximate surface area is 99.7 Å². The Morgan fingerprint density at radius 1 is 1.62 bits per heavy atom. The molecule has 0 radical (unpaired) electrons. The third-order valence-electron chi connectivity index (χ3n) is 2.50. The molecule has 0 aliphatic carbocycles. The van der Waals surface area contributed by atoms with Crippen LogP contribution >= 0.6 is 11.8 Å². The molecule has 0 aromatic heterocycles. The van der Waals surface area contributed by atoms with Crippen LogP contribution in [-0.4, -0.2) is 39.1 Å². The van der Waals surface area contributed by atoms with Gasteiger partial charge in [-0.15, -0.1) is 18.3 Å². The molecule has 1 saturated heterocycles. The molecule has 2 unspecified atom stereocenters. The number of carbonyl (C=O) groups excluding carboxylic acids is 1. The Balaban J connectivity index is 2.88. The minimum Gasteiger partial charge on any atom is -0.480 e. The fraction of sp³-hybridized carbons (Fsp3) is 0.636. The van der Waals surface area contributed by atoms with Crippen LogP contribution in [0.3, 0.4) is 0 Å². The molecule has 1 rings (SSSR count). The monoisotopic (exact) mass is 243 g/mol. The molecule has 0 aromatic carbocycles. The summed E-state index contributed by atoms with van der Waals surface area (Å²) in [7, 11) is 0. The van der Waals surface area contributed by atoms with Crippen LogP contribution < -0.4 is 0 Å². The third-order valence-corrected chi connectivity index (χ3v) is 4.12. The van der Waals surface area contributed by atoms with Gasteiger partial charge in [0, 0.05) is 12.2 Å². The molecular formula is C11H17NO3S. The first kappa shape index (κ1) is 13.1. The molecule has 0 spiro atoms. The molecule has 0 aromatic rings. The van der Waals surface area contributed by atoms with Crippen LogP contribution in [0, 0.1) is 5.92 Å². The Morgan fingerprint density at radius 3 is 2.69 bits per heavy atom. The molecule has 0 bridgehead atoms. The van der Waals surface area contributed by atoms with Crippen molar-refractivity contribution in [1.82, 2.24) is 4.90 Å². The Bertz CT molecular complexity index is 304. The second-order valence-electron chi connectivity index (χ2n) is 4.12. The first-order chi connectivity index (χ1) is 7.49. The minimum absolute atomic E-state index is 0.0338. The van der Waals surface area contributed by atoms with Gasteiger partial charge in [0.1, 0.15) is 6.04 Å². The highest BCUT2D eigenvalue weighted by atomic mass is 32.2. The summed E-state index contributed by atoms with van der Waals surface area (Å²) < 4.78 is 0. The fourth-order valence-electron chi connectivity index (χ4n) is 1.78. The van der Waals surface area contributed by atoms with E-state index in [4.69, 9.17) is 5.11 Å². The highest BCUT2D eigenvalue weighted by molar-refractivity contribution is 8.00. The number of amides is 1. The number of hydrogen-bond acceptors (Lipinski definition) is 3. The number of rotatable bonds is 4. The number of carboxylic acid groups (broad SMARTS) is 1. The van der Waals surface area contributed by atoms with Crippen molar-refractivity contribution in [1.29, 1.82) is 0 Å². The largest absolute Gasteiger partial charge is 0.480 e. The molecular weight excluding hydrogens is 226 g/mol. The van der Waals surface area contributed by atoms with Crippen LogP contribution in [0.25, 0.3) is 0 Å². The van der Waals surface area contributed by atoms with E-state index in [1.54, 1.807) is 0 Å². The van der Waals surface area contributed by atoms with Gasteiger partial charge in [0.05, 0.1) is 5.37 Å². The van der Waals surface area contributed by atoms with E-state index in [0.717, 1.165) is 0 Å². The molecule has 90 valence electrons. The van der Waals surface area contributed by atoms with Crippen LogP contribution in [0.2, 0.25) is 0 Å². The van der Waals surface area contributed by atoms with E-state index < -0.39 is 12.0 Å². The first-order valence-corrected chi connectivity index (χ1v) is 6.30. The van der Waals surface area contributed by atoms with Gasteiger partial charge in [0.15, 0.2) is 0 Å². The predicted octanol–water partition coefficient (Wildman–Crippen LogP) is 1.57. The molecule has 1 aliphatic heterocycles. The lowest BCUT2D eigenvalue weighted by Crippen LogP contribution is -2.46. The summed E-state index contributed by atoms with van der Waals surface area (Å²) in [5.74, 6) is -0.344. The summed E-state index contributed by atoms with van der Waals surface area (Å²) in [5, 5.41) is 9.03. The molecule has 16 heavy (non-hydrogen) atoms. The summed E-state index contributed by atoms with van der Waals surface area (Å²) in [5.41, 5.74) is 0. The summed E-state index contributed by atoms with van der Waals surface area (Å²) in [6.45, 7) is 7.50. The van der Waals surface area contributed by atoms with Gasteiger partial charge in [-0.1, -0.05) is 19.9 Å². The van der Waals surface area contributed by atoms with Gasteiger partial charge in [0.25, 0.3) is 0 Å². The van der Waals surface area contributed by atoms with Gasteiger partial charge in [-0.3, -0.25) is 4.79 Å². The Morgan fingerprint density at radius 2 is 2.25 bits per heavy atom. The number of thioether (sulfide) groups is 1. The number of carbonyl (C=O) groups is 2. The van der Waals surface area contributed by atoms with Crippen molar-refractivity contribution in [3.63, 3.8) is 0 Å². The van der Waals surface area contributed by atoms with Crippen molar-refractivity contribution in [3.8, 4) is 0 Å². The second kappa shape index (κ2) is 5.39. The minimum atomic E-state index is -0.923. The molecule has 0 saturated carbocycles. The van der Waals surface area contributed by atoms with E-state index in [-0.39, 0.29) is 23.6 Å². The number of nitrogens with zero attached hydrogens (tertiary/aromatic N) is 1. The normalized spacial score (nSPS) is 24.8. The Hall–Kier alpha value is -0.970. The topological polar surface area (TPSA) is 57.6 Å². The zero-order valence-electron chi connectivity index (χ0n) is 9.55. The van der Waals surface area contributed by atoms with E-state index in [1.807, 2.05) is 13.8 Å². The van der Waals surface area contributed by atoms with Gasteiger partial charge >= 0.3 is 5.97 Å². The fourth-order valence-corrected chi connectivity index (χ4v) is 3.27. The van der Waals surface area contributed by atoms with E-state index in [2.05, 4.69) is 6.58 Å². The number of carboxylic acids is 1. The molecule has 1 fully saturated rings. The molecule has 1 amide bonds. The average Bonchev–Trinajstić information content (AvgIpc) is 2.61. The van der Waals surface area contributed by atoms with Gasteiger partial charge in [0.2, 0.25) is 5.91 Å². The van der Waals surface area contributed by atoms with Crippen molar-refractivity contribution in [2.24, 2.45) is 5.92 Å². The summed E-state index contributed by atoms with van der Waals surface area (Å²) >= 11 is 1.54. The Kier molecular flexibility index (Phi) is 4.41. The van der Waals surface area contributed by atoms with Crippen LogP contribution in [0.5, 0.6) is 0 Å². The maximum absolute atomic E-state index is 11.9. The highest BCUT2D eigenvalue weighted by Gasteiger charge is 2.42. The molecule has 1 heterocycles. The molecule has 1 aliphatic rings. The van der Waals surface area contributed by atoms with E-state index >= 15 is 0 Å². The first-order valence-electron chi connectivity index (χ1n) is 5.25. The van der Waals surface area contributed by atoms with Gasteiger partial charge in [-0.2, -0.15) is 0 Å². The molecule has 5 heteroatoms. The quantitative estimate of drug-likeness (QED) is 0.761. The van der Waals surface area contributed by atoms with Crippen LogP contribution in [-0.2, 0) is 9.59 Å². The van der Waals surface area contributed by atoms with Crippen molar-refractivity contribution in [3.05, 3.63) is 12.7 Å². The van der Waals surface area contributed by atoms with Crippen molar-refractivity contribution in [2.75, 3.05) is 5.75 Å². The number of aliphatic carboxylic acids is 1. The maximum Gasteiger partial charge on any atom is 0.327 e. The summed E-state index contributed by atoms with van der Waals surface area (Å²) in [6.07, 6.45) is 1.72. The summed E-state index contributed by atoms with van der Waals surface area (Å²) in [6, 6.07) is -0.690. The smallest absolute Gasteiger partial charge is 0.327 e. The molecule has 1 N–H and O–H groups in total. The van der Waals surface area contributed by atoms with E-state index in [1.165, 1.54) is 22.7 Å². The highest BCUT2D eigenvalue weighted by Crippen LogP contribution is 2.34. The van der Waals surface area contributed by atoms with Crippen molar-refractivity contribution < 1.29 is 14.7 Å². The maximum atomic E-state index is 11.9. The van der Waals surface area contributed by atoms with Crippen LogP contribution in [0.1, 0.15) is 20.3 Å². The van der Waals surface area contributed by atoms with Gasteiger partial charge in [-0.05, 0) is 5.92 Å². The third kappa shape index (κ3) is 2.58. The van der Waals surface area contributed by atoms with Crippen molar-refractivity contribution in [2.45, 2.75) is 31.7 Å². The molecule has 2 atom stereocenters. The van der Waals surface area contributed by atoms with Gasteiger partial charge in [-0.25, -0.2) is 4.79 Å². The zero-order valence-corrected chi connectivity index (χ0v) is 10.4. The second-order valence-corrected chi connectivity index (χ2v) is 5.27. The van der Waals surface area contributed by atoms with E-state index in [9.17, 15) is 9.59 Å². The van der Waals surface area contributed by atoms with Crippen molar-refractivity contribution >= 4 is 23.6 Å². The summed E-state index contributed by atoms with van der Waals surface area (Å²) in [4.78, 5) is 24.4. The standard InChI is InChI=1S/C11H17NO3S/c1-4-5-9(13)12-8(11(14)15)6-16-10(12)7(2)3/h4,7-8,10H,1,5-6H2,2-3H3,(H,14,15). The lowest BCUT2D eigenvalue weighted by atomic mass is 10.1. The SMILES string of the molecule is C=CCC(=O)N1C(C(=O)O)CSC1C(C)C. The van der Waals surface area contributed by atoms with Crippen LogP contribution in [0.4, 0.5) is 0 Å². The van der Waals surface area contributed by atoms with E-state index in [0.29, 0.717) is 5.75 Å². The predicted molar refractivity (Wildman–Crippen MR) is 64.2 cm³/mol.